The van der Waals surface area contributed by atoms with Gasteiger partial charge in [0.05, 0.1) is 10.9 Å². The number of aryl methyl sites for hydroxylation is 1. The van der Waals surface area contributed by atoms with Gasteiger partial charge in [-0.2, -0.15) is 0 Å². The summed E-state index contributed by atoms with van der Waals surface area (Å²) in [5.74, 6) is 5.03. The van der Waals surface area contributed by atoms with Gasteiger partial charge in [-0.15, -0.1) is 0 Å². The molecule has 0 aliphatic heterocycles. The zero-order valence-corrected chi connectivity index (χ0v) is 14.7. The molecule has 0 saturated heterocycles. The number of nitrogens with one attached hydrogen (secondary N) is 3. The van der Waals surface area contributed by atoms with Crippen LogP contribution < -0.4 is 22.1 Å². The molecule has 1 aliphatic rings. The summed E-state index contributed by atoms with van der Waals surface area (Å²) in [7, 11) is 0. The van der Waals surface area contributed by atoms with Crippen molar-refractivity contribution in [2.24, 2.45) is 5.84 Å². The molecule has 2 amide bonds. The number of hydrogen-bond donors (Lipinski definition) is 4. The topological polar surface area (TPSA) is 130 Å². The maximum Gasteiger partial charge on any atom is 0.258 e. The van der Waals surface area contributed by atoms with Crippen molar-refractivity contribution < 1.29 is 9.59 Å². The molecule has 5 N–H and O–H groups in total. The Morgan fingerprint density at radius 2 is 1.96 bits per heavy atom. The normalized spacial score (nSPS) is 14.2. The van der Waals surface area contributed by atoms with Gasteiger partial charge in [-0.05, 0) is 25.0 Å². The Morgan fingerprint density at radius 3 is 2.65 bits per heavy atom. The van der Waals surface area contributed by atoms with E-state index >= 15 is 0 Å². The largest absolute Gasteiger partial charge is 0.353 e. The lowest BCUT2D eigenvalue weighted by Gasteiger charge is -2.22. The zero-order valence-electron chi connectivity index (χ0n) is 14.7. The van der Waals surface area contributed by atoms with Crippen LogP contribution in [0.4, 0.5) is 0 Å². The second-order valence-electron chi connectivity index (χ2n) is 6.22. The molecule has 0 atom stereocenters. The Kier molecular flexibility index (Phi) is 7.75. The summed E-state index contributed by atoms with van der Waals surface area (Å²) in [6, 6.07) is 7.56. The number of aromatic amines is 1. The molecule has 1 heterocycles. The maximum atomic E-state index is 12.0. The standard InChI is InChI=1S/C17H21N3O2.CH4N2O/c21-16(18-12-6-2-1-3-7-12)11-10-15-19-14-9-5-4-8-13(14)17(22)20-15;2-3-1-4/h4-5,8-9,12H,1-3,6-7,10-11H2,(H,18,21)(H,19,20,22);1H,2H2,(H,3,4). The molecule has 0 bridgehead atoms. The van der Waals surface area contributed by atoms with Crippen LogP contribution in [0.1, 0.15) is 44.3 Å². The van der Waals surface area contributed by atoms with Crippen LogP contribution >= 0.6 is 0 Å². The lowest BCUT2D eigenvalue weighted by atomic mass is 9.95. The molecule has 1 saturated carbocycles. The monoisotopic (exact) mass is 359 g/mol. The van der Waals surface area contributed by atoms with Gasteiger partial charge in [0.1, 0.15) is 5.82 Å². The lowest BCUT2D eigenvalue weighted by molar-refractivity contribution is -0.122. The first-order chi connectivity index (χ1) is 12.6. The van der Waals surface area contributed by atoms with E-state index in [4.69, 9.17) is 4.79 Å². The minimum Gasteiger partial charge on any atom is -0.353 e. The minimum atomic E-state index is -0.145. The van der Waals surface area contributed by atoms with Gasteiger partial charge in [-0.3, -0.25) is 19.8 Å². The van der Waals surface area contributed by atoms with Crippen molar-refractivity contribution in [3.05, 3.63) is 40.4 Å². The number of nitrogens with two attached hydrogens (primary N) is 1. The third-order valence-corrected chi connectivity index (χ3v) is 4.29. The number of benzene rings is 1. The first kappa shape index (κ1) is 19.6. The SMILES string of the molecule is NNC=O.O=C(CCc1nc2ccccc2c(=O)[nH]1)NC1CCCCC1. The number of nitrogens with zero attached hydrogens (tertiary/aromatic N) is 1. The zero-order chi connectivity index (χ0) is 18.8. The molecule has 1 fully saturated rings. The second kappa shape index (κ2) is 10.3. The molecule has 1 aliphatic carbocycles. The Morgan fingerprint density at radius 1 is 1.27 bits per heavy atom. The van der Waals surface area contributed by atoms with Crippen LogP contribution in [0.25, 0.3) is 10.9 Å². The smallest absolute Gasteiger partial charge is 0.258 e. The van der Waals surface area contributed by atoms with E-state index < -0.39 is 0 Å². The van der Waals surface area contributed by atoms with E-state index in [0.717, 1.165) is 12.8 Å². The number of carbonyl (C=O) groups excluding carboxylic acids is 2. The van der Waals surface area contributed by atoms with Crippen molar-refractivity contribution in [2.75, 3.05) is 0 Å². The highest BCUT2D eigenvalue weighted by atomic mass is 16.2. The third-order valence-electron chi connectivity index (χ3n) is 4.29. The van der Waals surface area contributed by atoms with E-state index in [9.17, 15) is 9.59 Å². The number of para-hydroxylation sites is 1. The Labute approximate surface area is 151 Å². The highest BCUT2D eigenvalue weighted by Crippen LogP contribution is 2.17. The van der Waals surface area contributed by atoms with Crippen LogP contribution in [0.3, 0.4) is 0 Å². The quantitative estimate of drug-likeness (QED) is 0.273. The van der Waals surface area contributed by atoms with Crippen molar-refractivity contribution in [1.82, 2.24) is 20.7 Å². The van der Waals surface area contributed by atoms with Crippen LogP contribution in [-0.2, 0) is 16.0 Å². The van der Waals surface area contributed by atoms with Gasteiger partial charge in [0.25, 0.3) is 5.56 Å². The summed E-state index contributed by atoms with van der Waals surface area (Å²) >= 11 is 0. The second-order valence-corrected chi connectivity index (χ2v) is 6.22. The fraction of sp³-hybridized carbons (Fsp3) is 0.444. The van der Waals surface area contributed by atoms with Crippen LogP contribution in [0.2, 0.25) is 0 Å². The van der Waals surface area contributed by atoms with Gasteiger partial charge in [0.15, 0.2) is 0 Å². The molecule has 140 valence electrons. The van der Waals surface area contributed by atoms with Crippen LogP contribution in [0, 0.1) is 0 Å². The number of rotatable bonds is 5. The number of H-pyrrole nitrogens is 1. The number of hydrogen-bond acceptors (Lipinski definition) is 5. The van der Waals surface area contributed by atoms with E-state index in [1.165, 1.54) is 19.3 Å². The number of aromatic nitrogens is 2. The fourth-order valence-corrected chi connectivity index (χ4v) is 3.03. The average molecular weight is 359 g/mol. The van der Waals surface area contributed by atoms with E-state index in [1.54, 1.807) is 11.5 Å². The molecule has 8 nitrogen and oxygen atoms in total. The van der Waals surface area contributed by atoms with Crippen LogP contribution in [0.15, 0.2) is 29.1 Å². The molecule has 1 aromatic carbocycles. The molecule has 0 unspecified atom stereocenters. The van der Waals surface area contributed by atoms with Gasteiger partial charge in [-0.1, -0.05) is 31.4 Å². The van der Waals surface area contributed by atoms with Crippen molar-refractivity contribution in [2.45, 2.75) is 51.0 Å². The third kappa shape index (κ3) is 5.96. The molecule has 26 heavy (non-hydrogen) atoms. The lowest BCUT2D eigenvalue weighted by Crippen LogP contribution is -2.36. The summed E-state index contributed by atoms with van der Waals surface area (Å²) in [5, 5.41) is 3.66. The summed E-state index contributed by atoms with van der Waals surface area (Å²) < 4.78 is 0. The van der Waals surface area contributed by atoms with Crippen molar-refractivity contribution in [1.29, 1.82) is 0 Å². The molecule has 2 aromatic rings. The minimum absolute atomic E-state index is 0.0442. The Balaban J connectivity index is 0.000000552. The molecule has 8 heteroatoms. The first-order valence-electron chi connectivity index (χ1n) is 8.81. The highest BCUT2D eigenvalue weighted by molar-refractivity contribution is 5.78. The van der Waals surface area contributed by atoms with E-state index in [1.807, 2.05) is 18.2 Å². The molecule has 0 spiro atoms. The summed E-state index contributed by atoms with van der Waals surface area (Å²) in [6.45, 7) is 0. The summed E-state index contributed by atoms with van der Waals surface area (Å²) in [4.78, 5) is 40.1. The Bertz CT molecular complexity index is 784. The van der Waals surface area contributed by atoms with Gasteiger partial charge in [-0.25, -0.2) is 10.8 Å². The molecule has 0 radical (unpaired) electrons. The molecular weight excluding hydrogens is 334 g/mol. The van der Waals surface area contributed by atoms with Crippen molar-refractivity contribution in [3.63, 3.8) is 0 Å². The Hall–Kier alpha value is -2.74. The van der Waals surface area contributed by atoms with Crippen molar-refractivity contribution >= 4 is 23.2 Å². The molecule has 3 rings (SSSR count). The predicted molar refractivity (Wildman–Crippen MR) is 99.1 cm³/mol. The number of amides is 2. The van der Waals surface area contributed by atoms with Gasteiger partial charge in [0.2, 0.25) is 12.3 Å². The van der Waals surface area contributed by atoms with Crippen molar-refractivity contribution in [3.8, 4) is 0 Å². The first-order valence-corrected chi connectivity index (χ1v) is 8.81. The fourth-order valence-electron chi connectivity index (χ4n) is 3.03. The van der Waals surface area contributed by atoms with Gasteiger partial charge in [0, 0.05) is 18.9 Å². The van der Waals surface area contributed by atoms with E-state index in [0.29, 0.717) is 42.0 Å². The molecule has 1 aromatic heterocycles. The van der Waals surface area contributed by atoms with Crippen LogP contribution in [0.5, 0.6) is 0 Å². The van der Waals surface area contributed by atoms with E-state index in [-0.39, 0.29) is 11.5 Å². The predicted octanol–water partition coefficient (Wildman–Crippen LogP) is 0.911. The van der Waals surface area contributed by atoms with Gasteiger partial charge < -0.3 is 10.3 Å². The summed E-state index contributed by atoms with van der Waals surface area (Å²) in [6.07, 6.45) is 7.05. The maximum absolute atomic E-state index is 12.0. The van der Waals surface area contributed by atoms with E-state index in [2.05, 4.69) is 21.1 Å². The van der Waals surface area contributed by atoms with Gasteiger partial charge >= 0.3 is 0 Å². The number of hydrazine groups is 1. The summed E-state index contributed by atoms with van der Waals surface area (Å²) in [5.41, 5.74) is 2.28. The van der Waals surface area contributed by atoms with Crippen LogP contribution in [-0.4, -0.2) is 28.3 Å². The number of fused-ring (bicyclic) bond motifs is 1. The number of carbonyl (C=O) groups is 2. The average Bonchev–Trinajstić information content (AvgIpc) is 2.67. The molecular formula is C18H25N5O3. The highest BCUT2D eigenvalue weighted by Gasteiger charge is 2.15.